The number of aromatic nitrogens is 3. The Morgan fingerprint density at radius 1 is 1.00 bits per heavy atom. The number of methoxy groups -OCH3 is 2. The van der Waals surface area contributed by atoms with Crippen LogP contribution >= 0.6 is 0 Å². The maximum absolute atomic E-state index is 13.1. The van der Waals surface area contributed by atoms with Gasteiger partial charge in [-0.2, -0.15) is 22.8 Å². The molecule has 0 radical (unpaired) electrons. The summed E-state index contributed by atoms with van der Waals surface area (Å²) < 4.78 is 51.0. The monoisotopic (exact) mass is 352 g/mol. The van der Waals surface area contributed by atoms with Gasteiger partial charge in [-0.25, -0.2) is 4.98 Å². The highest BCUT2D eigenvalue weighted by atomic mass is 19.4. The Hall–Kier alpha value is -2.97. The number of alkyl halides is 3. The molecule has 3 rings (SSSR count). The SMILES string of the molecule is COc1cc(Nc2cc(C(F)(F)F)nc3cc(C)nn23)cc(OC)c1. The fourth-order valence-corrected chi connectivity index (χ4v) is 2.35. The summed E-state index contributed by atoms with van der Waals surface area (Å²) in [5, 5.41) is 7.10. The number of rotatable bonds is 4. The van der Waals surface area contributed by atoms with Crippen molar-refractivity contribution in [2.24, 2.45) is 0 Å². The van der Waals surface area contributed by atoms with Crippen molar-refractivity contribution in [2.75, 3.05) is 19.5 Å². The number of hydrogen-bond acceptors (Lipinski definition) is 5. The molecule has 0 saturated carbocycles. The zero-order valence-electron chi connectivity index (χ0n) is 13.7. The summed E-state index contributed by atoms with van der Waals surface area (Å²) >= 11 is 0. The van der Waals surface area contributed by atoms with Gasteiger partial charge in [0.25, 0.3) is 0 Å². The molecule has 0 amide bonds. The largest absolute Gasteiger partial charge is 0.497 e. The van der Waals surface area contributed by atoms with Gasteiger partial charge in [-0.05, 0) is 6.92 Å². The Bertz CT molecular complexity index is 899. The summed E-state index contributed by atoms with van der Waals surface area (Å²) in [6.45, 7) is 1.68. The van der Waals surface area contributed by atoms with E-state index in [9.17, 15) is 13.2 Å². The Balaban J connectivity index is 2.12. The number of anilines is 2. The minimum Gasteiger partial charge on any atom is -0.497 e. The van der Waals surface area contributed by atoms with Crippen LogP contribution in [0.1, 0.15) is 11.4 Å². The second-order valence-electron chi connectivity index (χ2n) is 5.31. The minimum absolute atomic E-state index is 0.102. The average molecular weight is 352 g/mol. The van der Waals surface area contributed by atoms with Crippen LogP contribution < -0.4 is 14.8 Å². The smallest absolute Gasteiger partial charge is 0.433 e. The second kappa shape index (κ2) is 6.15. The van der Waals surface area contributed by atoms with Gasteiger partial charge in [0.05, 0.1) is 19.9 Å². The van der Waals surface area contributed by atoms with Gasteiger partial charge in [0.15, 0.2) is 11.3 Å². The van der Waals surface area contributed by atoms with Crippen molar-refractivity contribution < 1.29 is 22.6 Å². The molecule has 0 fully saturated rings. The molecule has 0 aliphatic carbocycles. The number of hydrogen-bond donors (Lipinski definition) is 1. The molecule has 0 aliphatic rings. The number of halogens is 3. The molecular formula is C16H15F3N4O2. The van der Waals surface area contributed by atoms with Crippen molar-refractivity contribution in [3.8, 4) is 11.5 Å². The summed E-state index contributed by atoms with van der Waals surface area (Å²) in [5.41, 5.74) is 0.144. The van der Waals surface area contributed by atoms with E-state index in [1.165, 1.54) is 24.8 Å². The maximum atomic E-state index is 13.1. The molecule has 1 aromatic carbocycles. The highest BCUT2D eigenvalue weighted by molar-refractivity contribution is 5.64. The lowest BCUT2D eigenvalue weighted by Gasteiger charge is -2.13. The molecular weight excluding hydrogens is 337 g/mol. The Morgan fingerprint density at radius 2 is 1.64 bits per heavy atom. The first-order valence-electron chi connectivity index (χ1n) is 7.25. The molecule has 2 aromatic heterocycles. The van der Waals surface area contributed by atoms with Crippen LogP contribution in [-0.4, -0.2) is 28.8 Å². The van der Waals surface area contributed by atoms with Gasteiger partial charge in [-0.15, -0.1) is 0 Å². The zero-order valence-corrected chi connectivity index (χ0v) is 13.7. The molecule has 3 aromatic rings. The number of nitrogens with one attached hydrogen (secondary N) is 1. The van der Waals surface area contributed by atoms with E-state index in [1.54, 1.807) is 25.1 Å². The average Bonchev–Trinajstić information content (AvgIpc) is 2.94. The van der Waals surface area contributed by atoms with E-state index < -0.39 is 11.9 Å². The predicted octanol–water partition coefficient (Wildman–Crippen LogP) is 3.82. The quantitative estimate of drug-likeness (QED) is 0.774. The van der Waals surface area contributed by atoms with E-state index in [0.29, 0.717) is 22.9 Å². The fraction of sp³-hybridized carbons (Fsp3) is 0.250. The first-order valence-corrected chi connectivity index (χ1v) is 7.25. The summed E-state index contributed by atoms with van der Waals surface area (Å²) in [6, 6.07) is 7.32. The van der Waals surface area contributed by atoms with Crippen LogP contribution in [0.5, 0.6) is 11.5 Å². The van der Waals surface area contributed by atoms with Gasteiger partial charge in [0, 0.05) is 36.0 Å². The van der Waals surface area contributed by atoms with Crippen LogP contribution in [0.4, 0.5) is 24.7 Å². The molecule has 9 heteroatoms. The topological polar surface area (TPSA) is 60.7 Å². The van der Waals surface area contributed by atoms with Crippen molar-refractivity contribution in [3.05, 3.63) is 41.7 Å². The molecule has 0 unspecified atom stereocenters. The van der Waals surface area contributed by atoms with E-state index in [4.69, 9.17) is 9.47 Å². The fourth-order valence-electron chi connectivity index (χ4n) is 2.35. The van der Waals surface area contributed by atoms with Crippen LogP contribution in [-0.2, 0) is 6.18 Å². The Kier molecular flexibility index (Phi) is 4.15. The second-order valence-corrected chi connectivity index (χ2v) is 5.31. The number of benzene rings is 1. The van der Waals surface area contributed by atoms with Gasteiger partial charge in [-0.1, -0.05) is 0 Å². The minimum atomic E-state index is -4.57. The van der Waals surface area contributed by atoms with E-state index in [-0.39, 0.29) is 11.5 Å². The van der Waals surface area contributed by atoms with Gasteiger partial charge in [0.2, 0.25) is 0 Å². The van der Waals surface area contributed by atoms with Crippen LogP contribution in [0.25, 0.3) is 5.65 Å². The lowest BCUT2D eigenvalue weighted by Crippen LogP contribution is -2.11. The van der Waals surface area contributed by atoms with Gasteiger partial charge in [-0.3, -0.25) is 0 Å². The highest BCUT2D eigenvalue weighted by Gasteiger charge is 2.34. The molecule has 0 aliphatic heterocycles. The molecule has 6 nitrogen and oxygen atoms in total. The Labute approximate surface area is 141 Å². The molecule has 0 bridgehead atoms. The van der Waals surface area contributed by atoms with Crippen LogP contribution in [0.15, 0.2) is 30.3 Å². The number of ether oxygens (including phenoxy) is 2. The summed E-state index contributed by atoms with van der Waals surface area (Å²) in [7, 11) is 2.98. The lowest BCUT2D eigenvalue weighted by atomic mass is 10.2. The van der Waals surface area contributed by atoms with Crippen LogP contribution in [0.2, 0.25) is 0 Å². The zero-order chi connectivity index (χ0) is 18.2. The summed E-state index contributed by atoms with van der Waals surface area (Å²) in [5.74, 6) is 1.13. The van der Waals surface area contributed by atoms with Gasteiger partial charge >= 0.3 is 6.18 Å². The molecule has 132 valence electrons. The third-order valence-corrected chi connectivity index (χ3v) is 3.46. The van der Waals surface area contributed by atoms with Crippen molar-refractivity contribution in [1.82, 2.24) is 14.6 Å². The number of aryl methyl sites for hydroxylation is 1. The lowest BCUT2D eigenvalue weighted by molar-refractivity contribution is -0.141. The third-order valence-electron chi connectivity index (χ3n) is 3.46. The third kappa shape index (κ3) is 3.44. The standard InChI is InChI=1S/C16H15F3N4O2/c1-9-4-14-21-13(16(17,18)19)8-15(23(14)22-9)20-10-5-11(24-2)7-12(6-10)25-3/h4-8,20H,1-3H3. The van der Waals surface area contributed by atoms with E-state index in [2.05, 4.69) is 15.4 Å². The maximum Gasteiger partial charge on any atom is 0.433 e. The summed E-state index contributed by atoms with van der Waals surface area (Å²) in [6.07, 6.45) is -4.57. The first kappa shape index (κ1) is 16.9. The highest BCUT2D eigenvalue weighted by Crippen LogP contribution is 2.32. The van der Waals surface area contributed by atoms with E-state index in [1.807, 2.05) is 0 Å². The van der Waals surface area contributed by atoms with Crippen LogP contribution in [0.3, 0.4) is 0 Å². The molecule has 0 atom stereocenters. The number of fused-ring (bicyclic) bond motifs is 1. The first-order chi connectivity index (χ1) is 11.8. The molecule has 0 saturated heterocycles. The van der Waals surface area contributed by atoms with Crippen LogP contribution in [0, 0.1) is 6.92 Å². The number of nitrogens with zero attached hydrogens (tertiary/aromatic N) is 3. The van der Waals surface area contributed by atoms with E-state index in [0.717, 1.165) is 6.07 Å². The van der Waals surface area contributed by atoms with Gasteiger partial charge < -0.3 is 14.8 Å². The van der Waals surface area contributed by atoms with E-state index >= 15 is 0 Å². The van der Waals surface area contributed by atoms with Crippen molar-refractivity contribution in [2.45, 2.75) is 13.1 Å². The molecule has 2 heterocycles. The van der Waals surface area contributed by atoms with Crippen molar-refractivity contribution in [1.29, 1.82) is 0 Å². The molecule has 25 heavy (non-hydrogen) atoms. The summed E-state index contributed by atoms with van der Waals surface area (Å²) in [4.78, 5) is 3.62. The van der Waals surface area contributed by atoms with Gasteiger partial charge in [0.1, 0.15) is 17.3 Å². The molecule has 0 spiro atoms. The normalized spacial score (nSPS) is 11.6. The Morgan fingerprint density at radius 3 is 2.20 bits per heavy atom. The van der Waals surface area contributed by atoms with Crippen molar-refractivity contribution >= 4 is 17.2 Å². The van der Waals surface area contributed by atoms with Crippen molar-refractivity contribution in [3.63, 3.8) is 0 Å². The molecule has 1 N–H and O–H groups in total. The predicted molar refractivity (Wildman–Crippen MR) is 85.6 cm³/mol.